The van der Waals surface area contributed by atoms with Crippen molar-refractivity contribution in [3.8, 4) is 0 Å². The van der Waals surface area contributed by atoms with Crippen LogP contribution in [0.4, 0.5) is 8.78 Å². The average molecular weight is 315 g/mol. The lowest BCUT2D eigenvalue weighted by Gasteiger charge is -2.19. The Morgan fingerprint density at radius 2 is 2.00 bits per heavy atom. The van der Waals surface area contributed by atoms with Crippen molar-refractivity contribution in [3.63, 3.8) is 0 Å². The van der Waals surface area contributed by atoms with E-state index in [9.17, 15) is 13.6 Å². The third-order valence-corrected chi connectivity index (χ3v) is 4.77. The standard InChI is InChI=1S/C19H19F2NO/c1-12-4-3-5-14(8-12)18(23)22-11-19(10-13(19)2)16-7-6-15(20)9-17(16)21/h3-9,13H,10-11H2,1-2H3,(H,22,23). The monoisotopic (exact) mass is 315 g/mol. The minimum Gasteiger partial charge on any atom is -0.351 e. The molecule has 0 spiro atoms. The summed E-state index contributed by atoms with van der Waals surface area (Å²) in [6.07, 6.45) is 0.781. The summed E-state index contributed by atoms with van der Waals surface area (Å²) >= 11 is 0. The van der Waals surface area contributed by atoms with E-state index < -0.39 is 17.0 Å². The molecule has 2 aromatic carbocycles. The summed E-state index contributed by atoms with van der Waals surface area (Å²) in [7, 11) is 0. The summed E-state index contributed by atoms with van der Waals surface area (Å²) in [6, 6.07) is 11.0. The van der Waals surface area contributed by atoms with E-state index in [-0.39, 0.29) is 11.8 Å². The highest BCUT2D eigenvalue weighted by Crippen LogP contribution is 2.54. The zero-order valence-electron chi connectivity index (χ0n) is 13.2. The first-order chi connectivity index (χ1) is 10.9. The van der Waals surface area contributed by atoms with Crippen LogP contribution in [-0.4, -0.2) is 12.5 Å². The van der Waals surface area contributed by atoms with Gasteiger partial charge in [0.05, 0.1) is 0 Å². The molecule has 1 amide bonds. The molecule has 1 fully saturated rings. The van der Waals surface area contributed by atoms with Gasteiger partial charge in [0.1, 0.15) is 11.6 Å². The maximum Gasteiger partial charge on any atom is 0.251 e. The van der Waals surface area contributed by atoms with Gasteiger partial charge in [-0.1, -0.05) is 30.7 Å². The molecule has 120 valence electrons. The number of hydrogen-bond donors (Lipinski definition) is 1. The molecule has 0 bridgehead atoms. The van der Waals surface area contributed by atoms with Crippen molar-refractivity contribution < 1.29 is 13.6 Å². The molecule has 2 unspecified atom stereocenters. The van der Waals surface area contributed by atoms with Gasteiger partial charge in [0.15, 0.2) is 0 Å². The first-order valence-corrected chi connectivity index (χ1v) is 7.73. The molecule has 1 aliphatic carbocycles. The fourth-order valence-electron chi connectivity index (χ4n) is 3.22. The second-order valence-corrected chi connectivity index (χ2v) is 6.44. The highest BCUT2D eigenvalue weighted by atomic mass is 19.1. The minimum atomic E-state index is -0.585. The Labute approximate surface area is 134 Å². The van der Waals surface area contributed by atoms with E-state index in [1.807, 2.05) is 32.0 Å². The van der Waals surface area contributed by atoms with Crippen molar-refractivity contribution >= 4 is 5.91 Å². The van der Waals surface area contributed by atoms with Crippen molar-refractivity contribution in [2.75, 3.05) is 6.54 Å². The van der Waals surface area contributed by atoms with Crippen LogP contribution in [0.3, 0.4) is 0 Å². The van der Waals surface area contributed by atoms with Crippen LogP contribution >= 0.6 is 0 Å². The third-order valence-electron chi connectivity index (χ3n) is 4.77. The van der Waals surface area contributed by atoms with Crippen molar-refractivity contribution in [1.29, 1.82) is 0 Å². The highest BCUT2D eigenvalue weighted by Gasteiger charge is 2.53. The number of amides is 1. The molecule has 1 N–H and O–H groups in total. The Balaban J connectivity index is 1.77. The van der Waals surface area contributed by atoms with Crippen LogP contribution in [-0.2, 0) is 5.41 Å². The topological polar surface area (TPSA) is 29.1 Å². The van der Waals surface area contributed by atoms with E-state index in [0.29, 0.717) is 17.7 Å². The fourth-order valence-corrected chi connectivity index (χ4v) is 3.22. The van der Waals surface area contributed by atoms with Crippen LogP contribution in [0.15, 0.2) is 42.5 Å². The molecule has 0 heterocycles. The van der Waals surface area contributed by atoms with Gasteiger partial charge in [0.25, 0.3) is 5.91 Å². The lowest BCUT2D eigenvalue weighted by Crippen LogP contribution is -2.33. The van der Waals surface area contributed by atoms with Gasteiger partial charge in [-0.05, 0) is 43.0 Å². The number of aryl methyl sites for hydroxylation is 1. The summed E-state index contributed by atoms with van der Waals surface area (Å²) in [6.45, 7) is 4.29. The zero-order valence-corrected chi connectivity index (χ0v) is 13.2. The predicted molar refractivity (Wildman–Crippen MR) is 85.3 cm³/mol. The van der Waals surface area contributed by atoms with Crippen LogP contribution in [0.1, 0.15) is 34.8 Å². The number of rotatable bonds is 4. The summed E-state index contributed by atoms with van der Waals surface area (Å²) in [5.41, 5.74) is 1.65. The van der Waals surface area contributed by atoms with Crippen molar-refractivity contribution in [1.82, 2.24) is 5.32 Å². The molecule has 0 radical (unpaired) electrons. The Bertz CT molecular complexity index is 759. The quantitative estimate of drug-likeness (QED) is 0.908. The highest BCUT2D eigenvalue weighted by molar-refractivity contribution is 5.94. The Hall–Kier alpha value is -2.23. The van der Waals surface area contributed by atoms with Crippen LogP contribution in [0.2, 0.25) is 0 Å². The molecule has 0 aromatic heterocycles. The van der Waals surface area contributed by atoms with E-state index in [0.717, 1.165) is 18.1 Å². The van der Waals surface area contributed by atoms with Gasteiger partial charge in [-0.25, -0.2) is 8.78 Å². The SMILES string of the molecule is Cc1cccc(C(=O)NCC2(c3ccc(F)cc3F)CC2C)c1. The molecule has 2 nitrogen and oxygen atoms in total. The van der Waals surface area contributed by atoms with E-state index >= 15 is 0 Å². The first kappa shape index (κ1) is 15.7. The largest absolute Gasteiger partial charge is 0.351 e. The number of nitrogens with one attached hydrogen (secondary N) is 1. The van der Waals surface area contributed by atoms with E-state index in [1.165, 1.54) is 12.1 Å². The number of hydrogen-bond acceptors (Lipinski definition) is 1. The van der Waals surface area contributed by atoms with Crippen LogP contribution in [0, 0.1) is 24.5 Å². The second kappa shape index (κ2) is 5.76. The minimum absolute atomic E-state index is 0.172. The number of halogens is 2. The normalized spacial score (nSPS) is 22.7. The Morgan fingerprint density at radius 3 is 2.61 bits per heavy atom. The van der Waals surface area contributed by atoms with Crippen molar-refractivity contribution in [2.45, 2.75) is 25.7 Å². The van der Waals surface area contributed by atoms with Crippen molar-refractivity contribution in [3.05, 3.63) is 70.8 Å². The van der Waals surface area contributed by atoms with Gasteiger partial charge >= 0.3 is 0 Å². The maximum atomic E-state index is 14.1. The molecular weight excluding hydrogens is 296 g/mol. The number of carbonyl (C=O) groups excluding carboxylic acids is 1. The Morgan fingerprint density at radius 1 is 1.26 bits per heavy atom. The molecule has 1 aliphatic rings. The van der Waals surface area contributed by atoms with E-state index in [2.05, 4.69) is 5.32 Å². The maximum absolute atomic E-state index is 14.1. The van der Waals surface area contributed by atoms with Crippen LogP contribution < -0.4 is 5.32 Å². The fraction of sp³-hybridized carbons (Fsp3) is 0.316. The average Bonchev–Trinajstić information content (AvgIpc) is 3.16. The molecule has 4 heteroatoms. The smallest absolute Gasteiger partial charge is 0.251 e. The van der Waals surface area contributed by atoms with Crippen LogP contribution in [0.25, 0.3) is 0 Å². The molecule has 2 atom stereocenters. The molecule has 1 saturated carbocycles. The number of carbonyl (C=O) groups is 1. The third kappa shape index (κ3) is 2.98. The van der Waals surface area contributed by atoms with Gasteiger partial charge in [-0.15, -0.1) is 0 Å². The zero-order chi connectivity index (χ0) is 16.6. The summed E-state index contributed by atoms with van der Waals surface area (Å²) in [5.74, 6) is -1.05. The van der Waals surface area contributed by atoms with Gasteiger partial charge in [-0.2, -0.15) is 0 Å². The lowest BCUT2D eigenvalue weighted by atomic mass is 9.92. The van der Waals surface area contributed by atoms with E-state index in [4.69, 9.17) is 0 Å². The van der Waals surface area contributed by atoms with E-state index in [1.54, 1.807) is 6.07 Å². The van der Waals surface area contributed by atoms with Gasteiger partial charge < -0.3 is 5.32 Å². The second-order valence-electron chi connectivity index (χ2n) is 6.44. The molecule has 2 aromatic rings. The lowest BCUT2D eigenvalue weighted by molar-refractivity contribution is 0.0948. The van der Waals surface area contributed by atoms with Gasteiger partial charge in [0.2, 0.25) is 0 Å². The Kier molecular flexibility index (Phi) is 3.92. The summed E-state index contributed by atoms with van der Waals surface area (Å²) in [4.78, 5) is 12.3. The van der Waals surface area contributed by atoms with Gasteiger partial charge in [0, 0.05) is 23.6 Å². The molecular formula is C19H19F2NO. The molecule has 0 aliphatic heterocycles. The first-order valence-electron chi connectivity index (χ1n) is 7.73. The predicted octanol–water partition coefficient (Wildman–Crippen LogP) is 3.98. The van der Waals surface area contributed by atoms with Gasteiger partial charge in [-0.3, -0.25) is 4.79 Å². The number of benzene rings is 2. The summed E-state index contributed by atoms with van der Waals surface area (Å²) < 4.78 is 27.2. The summed E-state index contributed by atoms with van der Waals surface area (Å²) in [5, 5.41) is 2.90. The molecule has 23 heavy (non-hydrogen) atoms. The molecule has 3 rings (SSSR count). The molecule has 0 saturated heterocycles. The van der Waals surface area contributed by atoms with Crippen molar-refractivity contribution in [2.24, 2.45) is 5.92 Å². The van der Waals surface area contributed by atoms with Crippen LogP contribution in [0.5, 0.6) is 0 Å².